The minimum Gasteiger partial charge on any atom is -0.356 e. The number of carbonyl (C=O) groups is 2. The van der Waals surface area contributed by atoms with Crippen LogP contribution in [0.25, 0.3) is 0 Å². The van der Waals surface area contributed by atoms with Gasteiger partial charge in [-0.3, -0.25) is 9.59 Å². The van der Waals surface area contributed by atoms with Gasteiger partial charge in [-0.1, -0.05) is 18.6 Å². The zero-order valence-electron chi connectivity index (χ0n) is 15.4. The van der Waals surface area contributed by atoms with Crippen molar-refractivity contribution in [3.63, 3.8) is 0 Å². The van der Waals surface area contributed by atoms with Gasteiger partial charge in [-0.2, -0.15) is 0 Å². The van der Waals surface area contributed by atoms with Crippen molar-refractivity contribution < 1.29 is 14.0 Å². The zero-order chi connectivity index (χ0) is 18.5. The molecule has 1 aromatic rings. The van der Waals surface area contributed by atoms with Crippen molar-refractivity contribution in [2.24, 2.45) is 5.92 Å². The third kappa shape index (κ3) is 4.41. The van der Waals surface area contributed by atoms with Gasteiger partial charge in [0.1, 0.15) is 5.82 Å². The van der Waals surface area contributed by atoms with Crippen LogP contribution in [0.2, 0.25) is 0 Å². The quantitative estimate of drug-likeness (QED) is 0.793. The molecule has 26 heavy (non-hydrogen) atoms. The van der Waals surface area contributed by atoms with Crippen LogP contribution in [0, 0.1) is 11.7 Å². The first-order valence-corrected chi connectivity index (χ1v) is 9.63. The van der Waals surface area contributed by atoms with E-state index < -0.39 is 11.7 Å². The Bertz CT molecular complexity index is 652. The molecule has 2 aliphatic rings. The monoisotopic (exact) mass is 361 g/mol. The number of nitrogens with zero attached hydrogens (tertiary/aromatic N) is 2. The Balaban J connectivity index is 1.44. The molecule has 1 N–H and O–H groups in total. The van der Waals surface area contributed by atoms with Crippen LogP contribution in [-0.4, -0.2) is 48.9 Å². The highest BCUT2D eigenvalue weighted by atomic mass is 19.1. The SMILES string of the molecule is C[C@H]1CCCCN1CCCNC(=O)[C@H]1CC(=O)N(c2ccccc2F)C1. The van der Waals surface area contributed by atoms with Gasteiger partial charge in [0.25, 0.3) is 0 Å². The molecule has 2 heterocycles. The number of hydrogen-bond acceptors (Lipinski definition) is 3. The number of hydrogen-bond donors (Lipinski definition) is 1. The second-order valence-electron chi connectivity index (χ2n) is 7.38. The fraction of sp³-hybridized carbons (Fsp3) is 0.600. The van der Waals surface area contributed by atoms with Crippen LogP contribution in [-0.2, 0) is 9.59 Å². The van der Waals surface area contributed by atoms with Crippen LogP contribution < -0.4 is 10.2 Å². The van der Waals surface area contributed by atoms with E-state index in [1.165, 1.54) is 30.2 Å². The number of nitrogens with one attached hydrogen (secondary N) is 1. The fourth-order valence-corrected chi connectivity index (χ4v) is 3.91. The molecule has 2 amide bonds. The summed E-state index contributed by atoms with van der Waals surface area (Å²) in [5.41, 5.74) is 0.256. The Hall–Kier alpha value is -1.95. The van der Waals surface area contributed by atoms with E-state index in [4.69, 9.17) is 0 Å². The number of anilines is 1. The van der Waals surface area contributed by atoms with E-state index in [9.17, 15) is 14.0 Å². The van der Waals surface area contributed by atoms with Crippen LogP contribution in [0.1, 0.15) is 39.0 Å². The number of amides is 2. The summed E-state index contributed by atoms with van der Waals surface area (Å²) in [6.07, 6.45) is 4.87. The largest absolute Gasteiger partial charge is 0.356 e. The van der Waals surface area contributed by atoms with Crippen LogP contribution in [0.3, 0.4) is 0 Å². The van der Waals surface area contributed by atoms with Crippen LogP contribution >= 0.6 is 0 Å². The lowest BCUT2D eigenvalue weighted by molar-refractivity contribution is -0.126. The molecular weight excluding hydrogens is 333 g/mol. The summed E-state index contributed by atoms with van der Waals surface area (Å²) < 4.78 is 13.9. The van der Waals surface area contributed by atoms with Crippen molar-refractivity contribution in [2.45, 2.75) is 45.1 Å². The third-order valence-electron chi connectivity index (χ3n) is 5.50. The summed E-state index contributed by atoms with van der Waals surface area (Å²) >= 11 is 0. The van der Waals surface area contributed by atoms with Crippen molar-refractivity contribution in [1.29, 1.82) is 0 Å². The number of likely N-dealkylation sites (tertiary alicyclic amines) is 1. The van der Waals surface area contributed by atoms with Crippen molar-refractivity contribution in [3.8, 4) is 0 Å². The van der Waals surface area contributed by atoms with E-state index in [-0.39, 0.29) is 30.5 Å². The Morgan fingerprint density at radius 3 is 2.88 bits per heavy atom. The summed E-state index contributed by atoms with van der Waals surface area (Å²) in [7, 11) is 0. The van der Waals surface area contributed by atoms with Crippen LogP contribution in [0.15, 0.2) is 24.3 Å². The summed E-state index contributed by atoms with van der Waals surface area (Å²) in [6, 6.07) is 6.82. The maximum atomic E-state index is 13.9. The minimum atomic E-state index is -0.433. The van der Waals surface area contributed by atoms with Gasteiger partial charge in [0.15, 0.2) is 0 Å². The van der Waals surface area contributed by atoms with Crippen molar-refractivity contribution in [3.05, 3.63) is 30.1 Å². The van der Waals surface area contributed by atoms with Crippen molar-refractivity contribution in [2.75, 3.05) is 31.1 Å². The van der Waals surface area contributed by atoms with Gasteiger partial charge in [-0.05, 0) is 44.9 Å². The van der Waals surface area contributed by atoms with E-state index in [1.54, 1.807) is 18.2 Å². The van der Waals surface area contributed by atoms with E-state index in [0.29, 0.717) is 12.6 Å². The normalized spacial score (nSPS) is 24.1. The second kappa shape index (κ2) is 8.62. The maximum Gasteiger partial charge on any atom is 0.227 e. The van der Waals surface area contributed by atoms with E-state index in [2.05, 4.69) is 17.1 Å². The number of rotatable bonds is 6. The van der Waals surface area contributed by atoms with Gasteiger partial charge in [0.2, 0.25) is 11.8 Å². The van der Waals surface area contributed by atoms with Gasteiger partial charge >= 0.3 is 0 Å². The Morgan fingerprint density at radius 2 is 2.12 bits per heavy atom. The molecule has 0 unspecified atom stereocenters. The molecule has 0 saturated carbocycles. The molecule has 5 nitrogen and oxygen atoms in total. The molecule has 3 rings (SSSR count). The second-order valence-corrected chi connectivity index (χ2v) is 7.38. The first-order chi connectivity index (χ1) is 12.6. The molecule has 0 aliphatic carbocycles. The zero-order valence-corrected chi connectivity index (χ0v) is 15.4. The molecule has 0 radical (unpaired) electrons. The number of carbonyl (C=O) groups excluding carboxylic acids is 2. The minimum absolute atomic E-state index is 0.108. The van der Waals surface area contributed by atoms with Gasteiger partial charge in [-0.25, -0.2) is 4.39 Å². The molecule has 1 aromatic carbocycles. The standard InChI is InChI=1S/C20H28FN3O2/c1-15-7-4-5-11-23(15)12-6-10-22-20(26)16-13-19(25)24(14-16)18-9-3-2-8-17(18)21/h2-3,8-9,15-16H,4-7,10-14H2,1H3,(H,22,26)/t15-,16-/m0/s1. The van der Waals surface area contributed by atoms with Gasteiger partial charge < -0.3 is 15.1 Å². The summed E-state index contributed by atoms with van der Waals surface area (Å²) in [4.78, 5) is 28.4. The van der Waals surface area contributed by atoms with Gasteiger partial charge in [-0.15, -0.1) is 0 Å². The average molecular weight is 361 g/mol. The molecule has 0 bridgehead atoms. The molecular formula is C20H28FN3O2. The Morgan fingerprint density at radius 1 is 1.31 bits per heavy atom. The van der Waals surface area contributed by atoms with Crippen LogP contribution in [0.5, 0.6) is 0 Å². The summed E-state index contributed by atoms with van der Waals surface area (Å²) in [5, 5.41) is 2.95. The van der Waals surface area contributed by atoms with E-state index in [1.807, 2.05) is 0 Å². The molecule has 2 atom stereocenters. The average Bonchev–Trinajstić information content (AvgIpc) is 3.02. The highest BCUT2D eigenvalue weighted by molar-refractivity contribution is 6.00. The van der Waals surface area contributed by atoms with Gasteiger partial charge in [0.05, 0.1) is 11.6 Å². The topological polar surface area (TPSA) is 52.7 Å². The first-order valence-electron chi connectivity index (χ1n) is 9.63. The number of halogens is 1. The third-order valence-corrected chi connectivity index (χ3v) is 5.50. The maximum absolute atomic E-state index is 13.9. The predicted octanol–water partition coefficient (Wildman–Crippen LogP) is 2.56. The summed E-state index contributed by atoms with van der Waals surface area (Å²) in [5.74, 6) is -1.14. The molecule has 6 heteroatoms. The predicted molar refractivity (Wildman–Crippen MR) is 99.4 cm³/mol. The lowest BCUT2D eigenvalue weighted by Gasteiger charge is -2.33. The lowest BCUT2D eigenvalue weighted by Crippen LogP contribution is -2.40. The van der Waals surface area contributed by atoms with Crippen molar-refractivity contribution >= 4 is 17.5 Å². The van der Waals surface area contributed by atoms with E-state index in [0.717, 1.165) is 19.5 Å². The highest BCUT2D eigenvalue weighted by Gasteiger charge is 2.35. The fourth-order valence-electron chi connectivity index (χ4n) is 3.91. The molecule has 2 fully saturated rings. The molecule has 0 aromatic heterocycles. The van der Waals surface area contributed by atoms with Crippen molar-refractivity contribution in [1.82, 2.24) is 10.2 Å². The van der Waals surface area contributed by atoms with E-state index >= 15 is 0 Å². The Kier molecular flexibility index (Phi) is 6.25. The number of benzene rings is 1. The molecule has 0 spiro atoms. The number of piperidine rings is 1. The van der Waals surface area contributed by atoms with Gasteiger partial charge in [0, 0.05) is 32.1 Å². The lowest BCUT2D eigenvalue weighted by atomic mass is 10.0. The first kappa shape index (κ1) is 18.8. The molecule has 142 valence electrons. The molecule has 2 saturated heterocycles. The number of para-hydroxylation sites is 1. The smallest absolute Gasteiger partial charge is 0.227 e. The highest BCUT2D eigenvalue weighted by Crippen LogP contribution is 2.27. The molecule has 2 aliphatic heterocycles. The van der Waals surface area contributed by atoms with Crippen LogP contribution in [0.4, 0.5) is 10.1 Å². The Labute approximate surface area is 154 Å². The summed E-state index contributed by atoms with van der Waals surface area (Å²) in [6.45, 7) is 5.26.